The molecule has 0 aliphatic rings. The topological polar surface area (TPSA) is 53.2 Å². The van der Waals surface area contributed by atoms with Crippen LogP contribution in [0.3, 0.4) is 0 Å². The van der Waals surface area contributed by atoms with Gasteiger partial charge in [-0.05, 0) is 53.5 Å². The van der Waals surface area contributed by atoms with Crippen molar-refractivity contribution < 1.29 is 9.18 Å². The second-order valence-corrected chi connectivity index (χ2v) is 7.93. The monoisotopic (exact) mass is 425 g/mol. The van der Waals surface area contributed by atoms with Crippen LogP contribution in [0.25, 0.3) is 0 Å². The highest BCUT2D eigenvalue weighted by Crippen LogP contribution is 2.22. The Bertz CT molecular complexity index is 800. The zero-order valence-electron chi connectivity index (χ0n) is 15.0. The van der Waals surface area contributed by atoms with Crippen LogP contribution in [0, 0.1) is 5.82 Å². The molecule has 3 N–H and O–H groups in total. The molecule has 144 valence electrons. The van der Waals surface area contributed by atoms with Crippen molar-refractivity contribution in [1.82, 2.24) is 10.9 Å². The minimum atomic E-state index is -0.379. The molecule has 2 aromatic carbocycles. The van der Waals surface area contributed by atoms with Crippen molar-refractivity contribution in [2.45, 2.75) is 25.5 Å². The van der Waals surface area contributed by atoms with Crippen LogP contribution in [0.15, 0.2) is 42.5 Å². The van der Waals surface area contributed by atoms with Crippen molar-refractivity contribution in [2.24, 2.45) is 0 Å². The van der Waals surface area contributed by atoms with Crippen molar-refractivity contribution in [2.75, 3.05) is 11.1 Å². The molecule has 0 fully saturated rings. The number of hydrogen-bond acceptors (Lipinski definition) is 3. The molecule has 0 radical (unpaired) electrons. The van der Waals surface area contributed by atoms with Gasteiger partial charge in [0, 0.05) is 16.5 Å². The molecular weight excluding hydrogens is 405 g/mol. The van der Waals surface area contributed by atoms with Gasteiger partial charge in [-0.1, -0.05) is 43.6 Å². The summed E-state index contributed by atoms with van der Waals surface area (Å²) in [5, 5.41) is 3.66. The lowest BCUT2D eigenvalue weighted by Gasteiger charge is -2.12. The molecule has 27 heavy (non-hydrogen) atoms. The van der Waals surface area contributed by atoms with Gasteiger partial charge in [0.1, 0.15) is 5.82 Å². The van der Waals surface area contributed by atoms with Crippen molar-refractivity contribution in [3.05, 3.63) is 64.4 Å². The lowest BCUT2D eigenvalue weighted by Crippen LogP contribution is -2.44. The molecule has 0 bridgehead atoms. The fourth-order valence-corrected chi connectivity index (χ4v) is 3.48. The summed E-state index contributed by atoms with van der Waals surface area (Å²) in [4.78, 5) is 11.9. The molecule has 0 heterocycles. The summed E-state index contributed by atoms with van der Waals surface area (Å²) in [6, 6.07) is 12.2. The highest BCUT2D eigenvalue weighted by Gasteiger charge is 2.06. The largest absolute Gasteiger partial charge is 0.331 e. The first-order chi connectivity index (χ1) is 12.8. The minimum Gasteiger partial charge on any atom is -0.331 e. The van der Waals surface area contributed by atoms with Crippen LogP contribution in [-0.4, -0.2) is 16.8 Å². The molecule has 4 nitrogen and oxygen atoms in total. The van der Waals surface area contributed by atoms with E-state index in [1.165, 1.54) is 29.5 Å². The third-order valence-electron chi connectivity index (χ3n) is 3.66. The van der Waals surface area contributed by atoms with E-state index in [-0.39, 0.29) is 17.5 Å². The maximum absolute atomic E-state index is 13.0. The average Bonchev–Trinajstić information content (AvgIpc) is 2.62. The van der Waals surface area contributed by atoms with E-state index in [1.54, 1.807) is 6.07 Å². The molecule has 0 spiro atoms. The van der Waals surface area contributed by atoms with Crippen LogP contribution in [0.1, 0.15) is 30.9 Å². The van der Waals surface area contributed by atoms with Gasteiger partial charge in [0.15, 0.2) is 5.11 Å². The average molecular weight is 426 g/mol. The van der Waals surface area contributed by atoms with Gasteiger partial charge in [0.25, 0.3) is 0 Å². The predicted octanol–water partition coefficient (Wildman–Crippen LogP) is 4.85. The summed E-state index contributed by atoms with van der Waals surface area (Å²) in [6.07, 6.45) is 0. The summed E-state index contributed by atoms with van der Waals surface area (Å²) in [5.41, 5.74) is 8.07. The van der Waals surface area contributed by atoms with E-state index in [1.807, 2.05) is 24.3 Å². The van der Waals surface area contributed by atoms with Gasteiger partial charge in [0.05, 0.1) is 5.75 Å². The lowest BCUT2D eigenvalue weighted by molar-refractivity contribution is -0.119. The number of nitrogens with one attached hydrogen (secondary N) is 3. The van der Waals surface area contributed by atoms with E-state index in [0.717, 1.165) is 11.3 Å². The van der Waals surface area contributed by atoms with Gasteiger partial charge >= 0.3 is 0 Å². The SMILES string of the molecule is CC(C)c1ccc(NC(=S)NNC(=O)CSCc2ccc(F)cc2Cl)cc1. The Kier molecular flexibility index (Phi) is 8.34. The number of carbonyl (C=O) groups excluding carboxylic acids is 1. The molecule has 1 amide bonds. The van der Waals surface area contributed by atoms with Crippen LogP contribution in [0.2, 0.25) is 5.02 Å². The number of rotatable bonds is 6. The first-order valence-corrected chi connectivity index (χ1v) is 10.3. The maximum Gasteiger partial charge on any atom is 0.248 e. The summed E-state index contributed by atoms with van der Waals surface area (Å²) in [5.74, 6) is 0.586. The number of hydrogen-bond donors (Lipinski definition) is 3. The number of carbonyl (C=O) groups is 1. The number of benzene rings is 2. The molecule has 0 aromatic heterocycles. The van der Waals surface area contributed by atoms with E-state index in [9.17, 15) is 9.18 Å². The van der Waals surface area contributed by atoms with E-state index in [2.05, 4.69) is 30.0 Å². The number of thiocarbonyl (C=S) groups is 1. The molecule has 8 heteroatoms. The van der Waals surface area contributed by atoms with Crippen molar-refractivity contribution in [1.29, 1.82) is 0 Å². The van der Waals surface area contributed by atoms with Crippen molar-refractivity contribution in [3.8, 4) is 0 Å². The fourth-order valence-electron chi connectivity index (χ4n) is 2.17. The molecule has 2 rings (SSSR count). The molecule has 0 aliphatic heterocycles. The molecule has 0 aliphatic carbocycles. The van der Waals surface area contributed by atoms with Crippen molar-refractivity contribution in [3.63, 3.8) is 0 Å². The number of halogens is 2. The third kappa shape index (κ3) is 7.36. The minimum absolute atomic E-state index is 0.215. The standard InChI is InChI=1S/C19H21ClFN3OS2/c1-12(2)13-4-7-16(8-5-13)22-19(26)24-23-18(25)11-27-10-14-3-6-15(21)9-17(14)20/h3-9,12H,10-11H2,1-2H3,(H,23,25)(H2,22,24,26). The van der Waals surface area contributed by atoms with E-state index in [0.29, 0.717) is 21.8 Å². The molecular formula is C19H21ClFN3OS2. The zero-order chi connectivity index (χ0) is 19.8. The molecule has 0 saturated heterocycles. The third-order valence-corrected chi connectivity index (χ3v) is 5.19. The second kappa shape index (κ2) is 10.5. The smallest absolute Gasteiger partial charge is 0.248 e. The summed E-state index contributed by atoms with van der Waals surface area (Å²) in [7, 11) is 0. The van der Waals surface area contributed by atoms with Crippen LogP contribution < -0.4 is 16.2 Å². The van der Waals surface area contributed by atoms with Gasteiger partial charge in [-0.15, -0.1) is 11.8 Å². The number of anilines is 1. The van der Waals surface area contributed by atoms with E-state index in [4.69, 9.17) is 23.8 Å². The molecule has 2 aromatic rings. The zero-order valence-corrected chi connectivity index (χ0v) is 17.4. The van der Waals surface area contributed by atoms with E-state index >= 15 is 0 Å². The van der Waals surface area contributed by atoms with Gasteiger partial charge in [-0.3, -0.25) is 15.6 Å². The summed E-state index contributed by atoms with van der Waals surface area (Å²) in [6.45, 7) is 4.26. The molecule has 0 unspecified atom stereocenters. The second-order valence-electron chi connectivity index (χ2n) is 6.13. The fraction of sp³-hybridized carbons (Fsp3) is 0.263. The first-order valence-electron chi connectivity index (χ1n) is 8.32. The van der Waals surface area contributed by atoms with Gasteiger partial charge in [0.2, 0.25) is 5.91 Å². The maximum atomic E-state index is 13.0. The van der Waals surface area contributed by atoms with Gasteiger partial charge in [-0.25, -0.2) is 4.39 Å². The Hall–Kier alpha value is -1.83. The highest BCUT2D eigenvalue weighted by atomic mass is 35.5. The van der Waals surface area contributed by atoms with Crippen LogP contribution in [0.4, 0.5) is 10.1 Å². The quantitative estimate of drug-likeness (QED) is 0.456. The van der Waals surface area contributed by atoms with E-state index < -0.39 is 0 Å². The van der Waals surface area contributed by atoms with Gasteiger partial charge < -0.3 is 5.32 Å². The Morgan fingerprint density at radius 3 is 2.52 bits per heavy atom. The van der Waals surface area contributed by atoms with Crippen LogP contribution in [-0.2, 0) is 10.5 Å². The highest BCUT2D eigenvalue weighted by molar-refractivity contribution is 7.99. The predicted molar refractivity (Wildman–Crippen MR) is 116 cm³/mol. The summed E-state index contributed by atoms with van der Waals surface area (Å²) < 4.78 is 13.0. The number of hydrazine groups is 1. The Balaban J connectivity index is 1.69. The van der Waals surface area contributed by atoms with Crippen LogP contribution in [0.5, 0.6) is 0 Å². The Morgan fingerprint density at radius 1 is 1.19 bits per heavy atom. The number of thioether (sulfide) groups is 1. The molecule has 0 atom stereocenters. The normalized spacial score (nSPS) is 10.6. The Morgan fingerprint density at radius 2 is 1.89 bits per heavy atom. The molecule has 0 saturated carbocycles. The van der Waals surface area contributed by atoms with Crippen LogP contribution >= 0.6 is 35.6 Å². The lowest BCUT2D eigenvalue weighted by atomic mass is 10.0. The number of amides is 1. The summed E-state index contributed by atoms with van der Waals surface area (Å²) >= 11 is 12.5. The Labute approximate surface area is 173 Å². The first kappa shape index (κ1) is 21.5. The van der Waals surface area contributed by atoms with Gasteiger partial charge in [-0.2, -0.15) is 0 Å². The van der Waals surface area contributed by atoms with Crippen molar-refractivity contribution >= 4 is 52.3 Å².